The Morgan fingerprint density at radius 2 is 2.16 bits per heavy atom. The lowest BCUT2D eigenvalue weighted by Crippen LogP contribution is -2.23. The van der Waals surface area contributed by atoms with Crippen molar-refractivity contribution in [2.45, 2.75) is 32.6 Å². The predicted molar refractivity (Wildman–Crippen MR) is 80.0 cm³/mol. The number of carbonyl (C=O) groups is 1. The molecule has 0 bridgehead atoms. The fraction of sp³-hybridized carbons (Fsp3) is 0.571. The number of nitrogens with zero attached hydrogens (tertiary/aromatic N) is 1. The zero-order chi connectivity index (χ0) is 14.3. The first-order chi connectivity index (χ1) is 9.00. The molecular weight excluding hydrogens is 260 g/mol. The quantitative estimate of drug-likeness (QED) is 0.333. The lowest BCUT2D eigenvalue weighted by Gasteiger charge is -2.09. The molecule has 106 valence electrons. The summed E-state index contributed by atoms with van der Waals surface area (Å²) in [5, 5.41) is 3.39. The molecule has 0 spiro atoms. The zero-order valence-corrected chi connectivity index (χ0v) is 12.6. The summed E-state index contributed by atoms with van der Waals surface area (Å²) in [6, 6.07) is 3.50. The van der Waals surface area contributed by atoms with Crippen molar-refractivity contribution in [1.82, 2.24) is 10.3 Å². The fourth-order valence-corrected chi connectivity index (χ4v) is 1.61. The number of hydrogen-bond acceptors (Lipinski definition) is 5. The Labute approximate surface area is 120 Å². The van der Waals surface area contributed by atoms with Gasteiger partial charge in [-0.1, -0.05) is 13.8 Å². The molecule has 1 unspecified atom stereocenters. The largest absolute Gasteiger partial charge is 0.492 e. The van der Waals surface area contributed by atoms with E-state index in [-0.39, 0.29) is 17.1 Å². The van der Waals surface area contributed by atoms with Crippen molar-refractivity contribution in [3.05, 3.63) is 24.0 Å². The second-order valence-electron chi connectivity index (χ2n) is 4.73. The predicted octanol–water partition coefficient (Wildman–Crippen LogP) is 2.55. The minimum absolute atomic E-state index is 0.0337. The van der Waals surface area contributed by atoms with Gasteiger partial charge in [0.25, 0.3) is 0 Å². The van der Waals surface area contributed by atoms with Crippen molar-refractivity contribution < 1.29 is 9.53 Å². The van der Waals surface area contributed by atoms with Gasteiger partial charge >= 0.3 is 0 Å². The van der Waals surface area contributed by atoms with Crippen LogP contribution in [-0.4, -0.2) is 29.3 Å². The monoisotopic (exact) mass is 282 g/mol. The lowest BCUT2D eigenvalue weighted by atomic mass is 10.1. The molecule has 0 saturated heterocycles. The summed E-state index contributed by atoms with van der Waals surface area (Å²) >= 11 is 4.22. The van der Waals surface area contributed by atoms with Gasteiger partial charge in [-0.25, -0.2) is 4.98 Å². The molecule has 0 fully saturated rings. The second-order valence-corrected chi connectivity index (χ2v) is 5.50. The molecule has 0 radical (unpaired) electrons. The summed E-state index contributed by atoms with van der Waals surface area (Å²) in [5.41, 5.74) is 0.493. The highest BCUT2D eigenvalue weighted by Gasteiger charge is 2.11. The van der Waals surface area contributed by atoms with Crippen LogP contribution in [0, 0.1) is 5.92 Å². The molecule has 0 amide bonds. The standard InChI is InChI=1S/C14H22N2O2S/c1-10(2)14(17)13-6-5-12(9-16-13)18-8-4-7-15-11(3)19/h5-6,9-11,15,19H,4,7-8H2,1-3H3. The number of hydrogen-bond donors (Lipinski definition) is 2. The number of ether oxygens (including phenoxy) is 1. The van der Waals surface area contributed by atoms with E-state index in [1.807, 2.05) is 20.8 Å². The third-order valence-corrected chi connectivity index (χ3v) is 2.73. The molecule has 1 aromatic rings. The zero-order valence-electron chi connectivity index (χ0n) is 11.7. The van der Waals surface area contributed by atoms with Crippen LogP contribution < -0.4 is 10.1 Å². The number of Topliss-reactive ketones (excluding diaryl/α,β-unsaturated/α-hetero) is 1. The number of carbonyl (C=O) groups excluding carboxylic acids is 1. The van der Waals surface area contributed by atoms with Crippen molar-refractivity contribution in [2.24, 2.45) is 5.92 Å². The Balaban J connectivity index is 2.34. The molecule has 1 atom stereocenters. The van der Waals surface area contributed by atoms with E-state index in [1.165, 1.54) is 0 Å². The summed E-state index contributed by atoms with van der Waals surface area (Å²) in [6.45, 7) is 7.20. The molecule has 0 aliphatic heterocycles. The molecule has 0 aliphatic rings. The van der Waals surface area contributed by atoms with Crippen molar-refractivity contribution in [3.8, 4) is 5.75 Å². The Bertz CT molecular complexity index is 391. The van der Waals surface area contributed by atoms with E-state index >= 15 is 0 Å². The molecule has 1 aromatic heterocycles. The van der Waals surface area contributed by atoms with Crippen LogP contribution in [0.2, 0.25) is 0 Å². The molecule has 1 rings (SSSR count). The van der Waals surface area contributed by atoms with E-state index in [0.717, 1.165) is 13.0 Å². The first-order valence-corrected chi connectivity index (χ1v) is 7.07. The molecular formula is C14H22N2O2S. The minimum Gasteiger partial charge on any atom is -0.492 e. The molecule has 4 nitrogen and oxygen atoms in total. The normalized spacial score (nSPS) is 12.5. The van der Waals surface area contributed by atoms with Gasteiger partial charge in [-0.05, 0) is 32.0 Å². The smallest absolute Gasteiger partial charge is 0.183 e. The van der Waals surface area contributed by atoms with Crippen LogP contribution >= 0.6 is 12.6 Å². The van der Waals surface area contributed by atoms with Crippen molar-refractivity contribution in [3.63, 3.8) is 0 Å². The van der Waals surface area contributed by atoms with E-state index in [0.29, 0.717) is 18.1 Å². The molecule has 19 heavy (non-hydrogen) atoms. The lowest BCUT2D eigenvalue weighted by molar-refractivity contribution is 0.0934. The van der Waals surface area contributed by atoms with Crippen LogP contribution in [0.15, 0.2) is 18.3 Å². The van der Waals surface area contributed by atoms with Crippen LogP contribution in [0.5, 0.6) is 5.75 Å². The highest BCUT2D eigenvalue weighted by molar-refractivity contribution is 7.80. The van der Waals surface area contributed by atoms with Gasteiger partial charge in [-0.3, -0.25) is 4.79 Å². The number of ketones is 1. The average Bonchev–Trinajstić information content (AvgIpc) is 2.37. The number of thiol groups is 1. The molecule has 0 saturated carbocycles. The Kier molecular flexibility index (Phi) is 6.87. The molecule has 5 heteroatoms. The first kappa shape index (κ1) is 16.0. The first-order valence-electron chi connectivity index (χ1n) is 6.55. The van der Waals surface area contributed by atoms with Gasteiger partial charge in [-0.15, -0.1) is 0 Å². The number of pyridine rings is 1. The molecule has 0 aliphatic carbocycles. The summed E-state index contributed by atoms with van der Waals surface area (Å²) in [4.78, 5) is 15.8. The van der Waals surface area contributed by atoms with E-state index in [2.05, 4.69) is 22.9 Å². The van der Waals surface area contributed by atoms with Gasteiger partial charge in [0.2, 0.25) is 0 Å². The van der Waals surface area contributed by atoms with Gasteiger partial charge in [-0.2, -0.15) is 12.6 Å². The van der Waals surface area contributed by atoms with Crippen molar-refractivity contribution >= 4 is 18.4 Å². The average molecular weight is 282 g/mol. The van der Waals surface area contributed by atoms with Crippen molar-refractivity contribution in [2.75, 3.05) is 13.2 Å². The fourth-order valence-electron chi connectivity index (χ4n) is 1.48. The van der Waals surface area contributed by atoms with E-state index < -0.39 is 0 Å². The summed E-state index contributed by atoms with van der Waals surface area (Å²) in [6.07, 6.45) is 2.50. The third kappa shape index (κ3) is 6.07. The minimum atomic E-state index is -0.0337. The Morgan fingerprint density at radius 1 is 1.42 bits per heavy atom. The van der Waals surface area contributed by atoms with Crippen LogP contribution in [0.3, 0.4) is 0 Å². The van der Waals surface area contributed by atoms with Crippen LogP contribution in [0.4, 0.5) is 0 Å². The van der Waals surface area contributed by atoms with Crippen LogP contribution in [-0.2, 0) is 0 Å². The topological polar surface area (TPSA) is 51.2 Å². The number of aromatic nitrogens is 1. The van der Waals surface area contributed by atoms with Crippen molar-refractivity contribution in [1.29, 1.82) is 0 Å². The van der Waals surface area contributed by atoms with Crippen LogP contribution in [0.25, 0.3) is 0 Å². The molecule has 1 N–H and O–H groups in total. The summed E-state index contributed by atoms with van der Waals surface area (Å²) in [5.74, 6) is 0.714. The summed E-state index contributed by atoms with van der Waals surface area (Å²) in [7, 11) is 0. The highest BCUT2D eigenvalue weighted by Crippen LogP contribution is 2.12. The van der Waals surface area contributed by atoms with Crippen LogP contribution in [0.1, 0.15) is 37.7 Å². The van der Waals surface area contributed by atoms with Gasteiger partial charge in [0, 0.05) is 11.3 Å². The van der Waals surface area contributed by atoms with E-state index in [1.54, 1.807) is 18.3 Å². The second kappa shape index (κ2) is 8.17. The van der Waals surface area contributed by atoms with E-state index in [4.69, 9.17) is 4.74 Å². The summed E-state index contributed by atoms with van der Waals surface area (Å²) < 4.78 is 5.54. The van der Waals surface area contributed by atoms with Gasteiger partial charge in [0.05, 0.1) is 12.8 Å². The highest BCUT2D eigenvalue weighted by atomic mass is 32.1. The third-order valence-electron chi connectivity index (χ3n) is 2.54. The maximum atomic E-state index is 11.7. The number of rotatable bonds is 8. The SMILES string of the molecule is CC(S)NCCCOc1ccc(C(=O)C(C)C)nc1. The maximum absolute atomic E-state index is 11.7. The molecule has 0 aromatic carbocycles. The van der Waals surface area contributed by atoms with E-state index in [9.17, 15) is 4.79 Å². The van der Waals surface area contributed by atoms with Gasteiger partial charge in [0.1, 0.15) is 11.4 Å². The Hall–Kier alpha value is -1.07. The maximum Gasteiger partial charge on any atom is 0.183 e. The molecule has 1 heterocycles. The Morgan fingerprint density at radius 3 is 2.68 bits per heavy atom. The van der Waals surface area contributed by atoms with Gasteiger partial charge < -0.3 is 10.1 Å². The van der Waals surface area contributed by atoms with Gasteiger partial charge in [0.15, 0.2) is 5.78 Å². The number of nitrogens with one attached hydrogen (secondary N) is 1.